The SMILES string of the molecule is COC(=O)[C@@H]1CCCN1C(=O)[C@@](N)(Cc1cccc(C(=N)N)c1)S(=O)(=O)c1ccc2ccccc2c1. The van der Waals surface area contributed by atoms with E-state index in [0.29, 0.717) is 29.4 Å². The third-order valence-electron chi connectivity index (χ3n) is 6.56. The van der Waals surface area contributed by atoms with Gasteiger partial charge in [0.15, 0.2) is 0 Å². The number of nitrogens with one attached hydrogen (secondary N) is 1. The largest absolute Gasteiger partial charge is 0.467 e. The fourth-order valence-electron chi connectivity index (χ4n) is 4.62. The van der Waals surface area contributed by atoms with Gasteiger partial charge in [0.1, 0.15) is 11.9 Å². The third-order valence-corrected chi connectivity index (χ3v) is 8.72. The average molecular weight is 509 g/mol. The molecule has 5 N–H and O–H groups in total. The van der Waals surface area contributed by atoms with Gasteiger partial charge in [0, 0.05) is 18.5 Å². The van der Waals surface area contributed by atoms with Crippen molar-refractivity contribution in [2.75, 3.05) is 13.7 Å². The number of likely N-dealkylation sites (tertiary alicyclic amines) is 1. The van der Waals surface area contributed by atoms with Crippen molar-refractivity contribution in [1.29, 1.82) is 5.41 Å². The van der Waals surface area contributed by atoms with Crippen LogP contribution in [0.5, 0.6) is 0 Å². The highest BCUT2D eigenvalue weighted by atomic mass is 32.2. The van der Waals surface area contributed by atoms with E-state index in [2.05, 4.69) is 0 Å². The van der Waals surface area contributed by atoms with Crippen molar-refractivity contribution in [3.05, 3.63) is 77.9 Å². The predicted molar refractivity (Wildman–Crippen MR) is 136 cm³/mol. The van der Waals surface area contributed by atoms with E-state index in [-0.39, 0.29) is 23.7 Å². The van der Waals surface area contributed by atoms with Gasteiger partial charge in [0.05, 0.1) is 12.0 Å². The van der Waals surface area contributed by atoms with Crippen LogP contribution in [0.25, 0.3) is 10.8 Å². The summed E-state index contributed by atoms with van der Waals surface area (Å²) >= 11 is 0. The Morgan fingerprint density at radius 1 is 1.08 bits per heavy atom. The first kappa shape index (κ1) is 25.3. The summed E-state index contributed by atoms with van der Waals surface area (Å²) in [5, 5.41) is 9.23. The van der Waals surface area contributed by atoms with Crippen LogP contribution in [-0.4, -0.2) is 55.6 Å². The van der Waals surface area contributed by atoms with E-state index in [1.807, 2.05) is 12.1 Å². The number of benzene rings is 3. The van der Waals surface area contributed by atoms with Crippen molar-refractivity contribution in [2.24, 2.45) is 11.5 Å². The zero-order valence-corrected chi connectivity index (χ0v) is 20.6. The molecular weight excluding hydrogens is 480 g/mol. The molecule has 0 unspecified atom stereocenters. The van der Waals surface area contributed by atoms with Gasteiger partial charge >= 0.3 is 5.97 Å². The summed E-state index contributed by atoms with van der Waals surface area (Å²) < 4.78 is 33.1. The van der Waals surface area contributed by atoms with Crippen LogP contribution >= 0.6 is 0 Å². The van der Waals surface area contributed by atoms with Crippen LogP contribution < -0.4 is 11.5 Å². The Morgan fingerprint density at radius 2 is 1.81 bits per heavy atom. The number of sulfone groups is 1. The Balaban J connectivity index is 1.85. The molecule has 0 saturated carbocycles. The summed E-state index contributed by atoms with van der Waals surface area (Å²) in [6, 6.07) is 17.3. The lowest BCUT2D eigenvalue weighted by Crippen LogP contribution is -2.63. The molecule has 1 fully saturated rings. The molecule has 1 aliphatic rings. The van der Waals surface area contributed by atoms with E-state index in [0.717, 1.165) is 5.39 Å². The lowest BCUT2D eigenvalue weighted by atomic mass is 10.0. The number of rotatable bonds is 7. The quantitative estimate of drug-likeness (QED) is 0.250. The van der Waals surface area contributed by atoms with Crippen LogP contribution in [-0.2, 0) is 30.6 Å². The lowest BCUT2D eigenvalue weighted by Gasteiger charge is -2.34. The Hall–Kier alpha value is -3.76. The first-order valence-corrected chi connectivity index (χ1v) is 12.9. The smallest absolute Gasteiger partial charge is 0.328 e. The highest BCUT2D eigenvalue weighted by molar-refractivity contribution is 7.93. The van der Waals surface area contributed by atoms with E-state index in [4.69, 9.17) is 21.6 Å². The number of methoxy groups -OCH3 is 1. The molecule has 0 aromatic heterocycles. The highest BCUT2D eigenvalue weighted by Crippen LogP contribution is 2.32. The van der Waals surface area contributed by atoms with Crippen LogP contribution in [0.15, 0.2) is 71.6 Å². The molecular formula is C26H28N4O5S. The minimum Gasteiger partial charge on any atom is -0.467 e. The number of amides is 1. The second kappa shape index (κ2) is 9.71. The zero-order valence-electron chi connectivity index (χ0n) is 19.8. The van der Waals surface area contributed by atoms with E-state index >= 15 is 0 Å². The Kier molecular flexibility index (Phi) is 6.83. The van der Waals surface area contributed by atoms with Gasteiger partial charge < -0.3 is 21.1 Å². The van der Waals surface area contributed by atoms with E-state index in [1.165, 1.54) is 30.2 Å². The van der Waals surface area contributed by atoms with Crippen molar-refractivity contribution in [2.45, 2.75) is 35.1 Å². The number of amidine groups is 1. The minimum absolute atomic E-state index is 0.103. The number of carbonyl (C=O) groups is 2. The molecule has 0 aliphatic carbocycles. The summed E-state index contributed by atoms with van der Waals surface area (Å²) in [7, 11) is -3.25. The van der Waals surface area contributed by atoms with Gasteiger partial charge in [-0.25, -0.2) is 13.2 Å². The van der Waals surface area contributed by atoms with Crippen LogP contribution in [0.2, 0.25) is 0 Å². The fourth-order valence-corrected chi connectivity index (χ4v) is 6.27. The van der Waals surface area contributed by atoms with E-state index in [1.54, 1.807) is 36.4 Å². The molecule has 1 aliphatic heterocycles. The number of esters is 1. The summed E-state index contributed by atoms with van der Waals surface area (Å²) in [6.07, 6.45) is 0.480. The molecule has 10 heteroatoms. The van der Waals surface area contributed by atoms with Crippen molar-refractivity contribution < 1.29 is 22.7 Å². The third kappa shape index (κ3) is 4.45. The Morgan fingerprint density at radius 3 is 2.50 bits per heavy atom. The zero-order chi connectivity index (χ0) is 26.1. The van der Waals surface area contributed by atoms with Gasteiger partial charge in [-0.2, -0.15) is 0 Å². The number of ether oxygens (including phenoxy) is 1. The molecule has 0 radical (unpaired) electrons. The number of nitrogens with zero attached hydrogens (tertiary/aromatic N) is 1. The molecule has 0 spiro atoms. The van der Waals surface area contributed by atoms with Crippen LogP contribution in [0, 0.1) is 5.41 Å². The second-order valence-electron chi connectivity index (χ2n) is 8.87. The summed E-state index contributed by atoms with van der Waals surface area (Å²) in [5.41, 5.74) is 13.0. The fraction of sp³-hybridized carbons (Fsp3) is 0.269. The first-order valence-electron chi connectivity index (χ1n) is 11.4. The van der Waals surface area contributed by atoms with Crippen molar-refractivity contribution in [3.63, 3.8) is 0 Å². The summed E-state index contributed by atoms with van der Waals surface area (Å²) in [4.78, 5) is 25.0. The van der Waals surface area contributed by atoms with Crippen LogP contribution in [0.4, 0.5) is 0 Å². The first-order chi connectivity index (χ1) is 17.1. The molecule has 1 saturated heterocycles. The molecule has 9 nitrogen and oxygen atoms in total. The molecule has 36 heavy (non-hydrogen) atoms. The number of hydrogen-bond acceptors (Lipinski definition) is 7. The van der Waals surface area contributed by atoms with Crippen molar-refractivity contribution in [3.8, 4) is 0 Å². The molecule has 2 atom stereocenters. The summed E-state index contributed by atoms with van der Waals surface area (Å²) in [6.45, 7) is 0.179. The Labute approximate surface area is 209 Å². The number of nitrogen functional groups attached to an aromatic ring is 1. The van der Waals surface area contributed by atoms with Gasteiger partial charge in [0.2, 0.25) is 14.7 Å². The van der Waals surface area contributed by atoms with Gasteiger partial charge in [-0.05, 0) is 47.4 Å². The summed E-state index contributed by atoms with van der Waals surface area (Å²) in [5.74, 6) is -1.70. The molecule has 1 heterocycles. The van der Waals surface area contributed by atoms with Crippen molar-refractivity contribution in [1.82, 2.24) is 4.90 Å². The van der Waals surface area contributed by atoms with Gasteiger partial charge in [-0.3, -0.25) is 10.2 Å². The van der Waals surface area contributed by atoms with E-state index in [9.17, 15) is 18.0 Å². The average Bonchev–Trinajstić information content (AvgIpc) is 3.37. The predicted octanol–water partition coefficient (Wildman–Crippen LogP) is 1.96. The maximum Gasteiger partial charge on any atom is 0.328 e. The topological polar surface area (TPSA) is 157 Å². The molecule has 1 amide bonds. The number of nitrogens with two attached hydrogens (primary N) is 2. The molecule has 188 valence electrons. The van der Waals surface area contributed by atoms with Gasteiger partial charge in [-0.15, -0.1) is 0 Å². The monoisotopic (exact) mass is 508 g/mol. The maximum absolute atomic E-state index is 14.1. The standard InChI is InChI=1S/C26H28N4O5S/c1-35-24(31)22-10-5-13-30(22)25(32)26(29,16-17-6-4-9-20(14-17)23(27)28)36(33,34)21-12-11-18-7-2-3-8-19(18)15-21/h2-4,6-9,11-12,14-15,22H,5,10,13,16,29H2,1H3,(H3,27,28)/t22-,26+/m0/s1. The molecule has 3 aromatic carbocycles. The Bertz CT molecular complexity index is 1460. The molecule has 0 bridgehead atoms. The second-order valence-corrected chi connectivity index (χ2v) is 11.1. The normalized spacial score (nSPS) is 17.5. The molecule has 4 rings (SSSR count). The van der Waals surface area contributed by atoms with Gasteiger partial charge in [-0.1, -0.05) is 48.5 Å². The van der Waals surface area contributed by atoms with Gasteiger partial charge in [0.25, 0.3) is 5.91 Å². The van der Waals surface area contributed by atoms with Crippen LogP contribution in [0.3, 0.4) is 0 Å². The highest BCUT2D eigenvalue weighted by Gasteiger charge is 2.53. The lowest BCUT2D eigenvalue weighted by molar-refractivity contribution is -0.151. The molecule has 3 aromatic rings. The number of carbonyl (C=O) groups excluding carboxylic acids is 2. The van der Waals surface area contributed by atoms with Crippen LogP contribution in [0.1, 0.15) is 24.0 Å². The maximum atomic E-state index is 14.1. The van der Waals surface area contributed by atoms with Crippen molar-refractivity contribution >= 4 is 38.3 Å². The number of hydrogen-bond donors (Lipinski definition) is 3. The minimum atomic E-state index is -4.47. The van der Waals surface area contributed by atoms with E-state index < -0.39 is 32.6 Å². The number of fused-ring (bicyclic) bond motifs is 1.